The van der Waals surface area contributed by atoms with Gasteiger partial charge in [0.15, 0.2) is 11.2 Å². The molecule has 0 bridgehead atoms. The van der Waals surface area contributed by atoms with Crippen LogP contribution in [0, 0.1) is 6.92 Å². The van der Waals surface area contributed by atoms with Gasteiger partial charge >= 0.3 is 0 Å². The fourth-order valence-corrected chi connectivity index (χ4v) is 2.27. The number of fused-ring (bicyclic) bond motifs is 1. The highest BCUT2D eigenvalue weighted by Crippen LogP contribution is 2.10. The topological polar surface area (TPSA) is 89.6 Å². The Hall–Kier alpha value is -2.34. The molecular weight excluding hydrogens is 290 g/mol. The van der Waals surface area contributed by atoms with E-state index in [4.69, 9.17) is 5.73 Å². The van der Waals surface area contributed by atoms with Gasteiger partial charge in [0.2, 0.25) is 5.95 Å². The number of nitrogen functional groups attached to an aromatic ring is 1. The summed E-state index contributed by atoms with van der Waals surface area (Å²) in [6, 6.07) is 8.09. The molecule has 2 aromatic heterocycles. The van der Waals surface area contributed by atoms with Gasteiger partial charge < -0.3 is 10.7 Å². The molecule has 1 aromatic carbocycles. The lowest BCUT2D eigenvalue weighted by atomic mass is 10.1. The molecule has 110 valence electrons. The zero-order chi connectivity index (χ0) is 14.1. The van der Waals surface area contributed by atoms with Crippen LogP contribution in [0.2, 0.25) is 0 Å². The highest BCUT2D eigenvalue weighted by atomic mass is 35.5. The maximum atomic E-state index is 12.3. The smallest absolute Gasteiger partial charge is 0.283 e. The van der Waals surface area contributed by atoms with Gasteiger partial charge in [-0.25, -0.2) is 4.98 Å². The Balaban J connectivity index is 0.00000161. The second-order valence-electron chi connectivity index (χ2n) is 4.70. The Kier molecular flexibility index (Phi) is 4.28. The van der Waals surface area contributed by atoms with Crippen molar-refractivity contribution < 1.29 is 0 Å². The first-order valence-electron chi connectivity index (χ1n) is 6.40. The number of nitrogens with zero attached hydrogens (tertiary/aromatic N) is 3. The molecule has 0 saturated heterocycles. The zero-order valence-electron chi connectivity index (χ0n) is 11.5. The normalized spacial score (nSPS) is 10.5. The molecule has 3 aromatic rings. The molecule has 0 aliphatic rings. The van der Waals surface area contributed by atoms with E-state index < -0.39 is 0 Å². The van der Waals surface area contributed by atoms with Crippen molar-refractivity contribution in [2.75, 3.05) is 5.73 Å². The first-order valence-corrected chi connectivity index (χ1v) is 6.40. The lowest BCUT2D eigenvalue weighted by Gasteiger charge is -2.10. The van der Waals surface area contributed by atoms with Gasteiger partial charge in [0.1, 0.15) is 0 Å². The van der Waals surface area contributed by atoms with Crippen LogP contribution in [0.3, 0.4) is 0 Å². The number of rotatable bonds is 3. The fraction of sp³-hybridized carbons (Fsp3) is 0.214. The van der Waals surface area contributed by atoms with Crippen molar-refractivity contribution >= 4 is 29.5 Å². The molecule has 3 rings (SSSR count). The number of hydrogen-bond donors (Lipinski definition) is 2. The average molecular weight is 306 g/mol. The van der Waals surface area contributed by atoms with Crippen molar-refractivity contribution in [1.29, 1.82) is 0 Å². The van der Waals surface area contributed by atoms with E-state index in [0.29, 0.717) is 17.7 Å². The number of halogens is 1. The third-order valence-corrected chi connectivity index (χ3v) is 3.44. The van der Waals surface area contributed by atoms with Crippen molar-refractivity contribution in [3.63, 3.8) is 0 Å². The summed E-state index contributed by atoms with van der Waals surface area (Å²) in [5.41, 5.74) is 8.80. The third kappa shape index (κ3) is 2.75. The fourth-order valence-electron chi connectivity index (χ4n) is 2.27. The molecule has 21 heavy (non-hydrogen) atoms. The number of imidazole rings is 1. The largest absolute Gasteiger partial charge is 0.369 e. The van der Waals surface area contributed by atoms with Crippen molar-refractivity contribution in [3.05, 3.63) is 52.1 Å². The van der Waals surface area contributed by atoms with Gasteiger partial charge in [0.05, 0.1) is 6.33 Å². The van der Waals surface area contributed by atoms with Crippen LogP contribution in [-0.4, -0.2) is 19.5 Å². The molecule has 0 unspecified atom stereocenters. The lowest BCUT2D eigenvalue weighted by Crippen LogP contribution is -2.25. The number of anilines is 1. The first kappa shape index (κ1) is 15.1. The van der Waals surface area contributed by atoms with E-state index >= 15 is 0 Å². The monoisotopic (exact) mass is 305 g/mol. The minimum Gasteiger partial charge on any atom is -0.369 e. The molecule has 0 atom stereocenters. The predicted octanol–water partition coefficient (Wildman–Crippen LogP) is 1.67. The van der Waals surface area contributed by atoms with Crippen molar-refractivity contribution in [2.45, 2.75) is 19.9 Å². The second kappa shape index (κ2) is 5.97. The summed E-state index contributed by atoms with van der Waals surface area (Å²) in [5.74, 6) is 0.209. The molecule has 0 amide bonds. The maximum Gasteiger partial charge on any atom is 0.283 e. The molecule has 2 heterocycles. The van der Waals surface area contributed by atoms with Crippen LogP contribution >= 0.6 is 12.4 Å². The average Bonchev–Trinajstić information content (AvgIpc) is 2.88. The number of benzene rings is 1. The standard InChI is InChI=1S/C14H15N5O.ClH/c1-9-4-2-3-5-10(9)6-7-19-13(20)11-12(17-8-16-11)18-14(19)15;/h2-5,8H,6-7H2,1H3,(H2,15,18)(H,16,17);1H. The van der Waals surface area contributed by atoms with E-state index in [9.17, 15) is 4.79 Å². The summed E-state index contributed by atoms with van der Waals surface area (Å²) in [5, 5.41) is 0. The van der Waals surface area contributed by atoms with Crippen molar-refractivity contribution in [1.82, 2.24) is 19.5 Å². The van der Waals surface area contributed by atoms with E-state index in [0.717, 1.165) is 6.42 Å². The van der Waals surface area contributed by atoms with Crippen LogP contribution in [0.5, 0.6) is 0 Å². The van der Waals surface area contributed by atoms with E-state index in [-0.39, 0.29) is 23.9 Å². The van der Waals surface area contributed by atoms with Crippen LogP contribution in [0.15, 0.2) is 35.4 Å². The summed E-state index contributed by atoms with van der Waals surface area (Å²) in [7, 11) is 0. The molecule has 0 radical (unpaired) electrons. The molecule has 0 aliphatic heterocycles. The van der Waals surface area contributed by atoms with Crippen molar-refractivity contribution in [3.8, 4) is 0 Å². The third-order valence-electron chi connectivity index (χ3n) is 3.44. The summed E-state index contributed by atoms with van der Waals surface area (Å²) in [6.07, 6.45) is 2.18. The van der Waals surface area contributed by atoms with Gasteiger partial charge in [-0.05, 0) is 24.5 Å². The molecule has 3 N–H and O–H groups in total. The van der Waals surface area contributed by atoms with Gasteiger partial charge in [0, 0.05) is 6.54 Å². The Labute approximate surface area is 127 Å². The highest BCUT2D eigenvalue weighted by Gasteiger charge is 2.10. The Morgan fingerprint density at radius 2 is 2.10 bits per heavy atom. The number of H-pyrrole nitrogens is 1. The molecule has 0 fully saturated rings. The molecule has 0 saturated carbocycles. The number of nitrogens with one attached hydrogen (secondary N) is 1. The van der Waals surface area contributed by atoms with Crippen LogP contribution < -0.4 is 11.3 Å². The molecular formula is C14H16ClN5O. The first-order chi connectivity index (χ1) is 9.66. The van der Waals surface area contributed by atoms with E-state index in [1.807, 2.05) is 12.1 Å². The number of aryl methyl sites for hydroxylation is 2. The quantitative estimate of drug-likeness (QED) is 0.770. The second-order valence-corrected chi connectivity index (χ2v) is 4.70. The van der Waals surface area contributed by atoms with Gasteiger partial charge in [-0.1, -0.05) is 24.3 Å². The Morgan fingerprint density at radius 1 is 1.33 bits per heavy atom. The Morgan fingerprint density at radius 3 is 2.86 bits per heavy atom. The van der Waals surface area contributed by atoms with Crippen molar-refractivity contribution in [2.24, 2.45) is 0 Å². The van der Waals surface area contributed by atoms with E-state index in [2.05, 4.69) is 34.0 Å². The predicted molar refractivity (Wildman–Crippen MR) is 84.7 cm³/mol. The van der Waals surface area contributed by atoms with Gasteiger partial charge in [-0.2, -0.15) is 4.98 Å². The van der Waals surface area contributed by atoms with Gasteiger partial charge in [-0.15, -0.1) is 12.4 Å². The number of aromatic amines is 1. The van der Waals surface area contributed by atoms with Crippen LogP contribution in [0.4, 0.5) is 5.95 Å². The van der Waals surface area contributed by atoms with Gasteiger partial charge in [-0.3, -0.25) is 9.36 Å². The maximum absolute atomic E-state index is 12.3. The van der Waals surface area contributed by atoms with Crippen LogP contribution in [0.1, 0.15) is 11.1 Å². The molecule has 0 aliphatic carbocycles. The summed E-state index contributed by atoms with van der Waals surface area (Å²) < 4.78 is 1.47. The zero-order valence-corrected chi connectivity index (χ0v) is 12.4. The minimum absolute atomic E-state index is 0. The lowest BCUT2D eigenvalue weighted by molar-refractivity contribution is 0.671. The minimum atomic E-state index is -0.206. The molecule has 0 spiro atoms. The van der Waals surface area contributed by atoms with Gasteiger partial charge in [0.25, 0.3) is 5.56 Å². The number of aromatic nitrogens is 4. The Bertz CT molecular complexity index is 824. The highest BCUT2D eigenvalue weighted by molar-refractivity contribution is 5.85. The summed E-state index contributed by atoms with van der Waals surface area (Å²) >= 11 is 0. The summed E-state index contributed by atoms with van der Waals surface area (Å²) in [6.45, 7) is 2.54. The van der Waals surface area contributed by atoms with Crippen LogP contribution in [0.25, 0.3) is 11.2 Å². The van der Waals surface area contributed by atoms with E-state index in [1.54, 1.807) is 0 Å². The van der Waals surface area contributed by atoms with Crippen LogP contribution in [-0.2, 0) is 13.0 Å². The molecule has 6 nitrogen and oxygen atoms in total. The molecule has 7 heteroatoms. The number of nitrogens with two attached hydrogens (primary N) is 1. The van der Waals surface area contributed by atoms with E-state index in [1.165, 1.54) is 22.0 Å². The number of hydrogen-bond acceptors (Lipinski definition) is 4. The summed E-state index contributed by atoms with van der Waals surface area (Å²) in [4.78, 5) is 23.2. The SMILES string of the molecule is Cc1ccccc1CCn1c(N)nc2[nH]cnc2c1=O.Cl.